The maximum Gasteiger partial charge on any atom is 0.174 e. The molecule has 2 N–H and O–H groups in total. The average molecular weight is 275 g/mol. The van der Waals surface area contributed by atoms with Crippen LogP contribution in [0.2, 0.25) is 10.3 Å². The van der Waals surface area contributed by atoms with Gasteiger partial charge in [0.1, 0.15) is 0 Å². The third-order valence-electron chi connectivity index (χ3n) is 3.11. The summed E-state index contributed by atoms with van der Waals surface area (Å²) in [4.78, 5) is 0. The summed E-state index contributed by atoms with van der Waals surface area (Å²) in [6.45, 7) is 5.24. The van der Waals surface area contributed by atoms with Crippen molar-refractivity contribution in [2.45, 2.75) is 19.8 Å². The average Bonchev–Trinajstić information content (AvgIpc) is 2.31. The molecule has 2 rings (SSSR count). The van der Waals surface area contributed by atoms with Crippen molar-refractivity contribution >= 4 is 28.9 Å². The van der Waals surface area contributed by atoms with E-state index >= 15 is 0 Å². The van der Waals surface area contributed by atoms with Gasteiger partial charge in [0.05, 0.1) is 5.69 Å². The van der Waals surface area contributed by atoms with Gasteiger partial charge in [-0.15, -0.1) is 10.2 Å². The van der Waals surface area contributed by atoms with Crippen molar-refractivity contribution in [3.63, 3.8) is 0 Å². The Morgan fingerprint density at radius 1 is 1.47 bits per heavy atom. The zero-order valence-corrected chi connectivity index (χ0v) is 11.3. The maximum absolute atomic E-state index is 5.95. The first-order chi connectivity index (χ1) is 8.09. The number of aromatic nitrogens is 2. The van der Waals surface area contributed by atoms with Crippen molar-refractivity contribution in [1.82, 2.24) is 15.5 Å². The van der Waals surface area contributed by atoms with E-state index in [-0.39, 0.29) is 5.41 Å². The highest BCUT2D eigenvalue weighted by molar-refractivity contribution is 6.33. The Labute approximate surface area is 111 Å². The van der Waals surface area contributed by atoms with Gasteiger partial charge in [-0.3, -0.25) is 0 Å². The van der Waals surface area contributed by atoms with Crippen molar-refractivity contribution in [2.75, 3.05) is 25.0 Å². The van der Waals surface area contributed by atoms with Crippen LogP contribution in [0.3, 0.4) is 0 Å². The van der Waals surface area contributed by atoms with Crippen molar-refractivity contribution in [3.8, 4) is 0 Å². The summed E-state index contributed by atoms with van der Waals surface area (Å²) in [5.41, 5.74) is 0.996. The smallest absolute Gasteiger partial charge is 0.174 e. The molecule has 6 heteroatoms. The Morgan fingerprint density at radius 2 is 2.29 bits per heavy atom. The van der Waals surface area contributed by atoms with E-state index in [1.807, 2.05) is 0 Å². The molecule has 1 fully saturated rings. The second-order valence-corrected chi connectivity index (χ2v) is 5.56. The molecule has 0 aromatic carbocycles. The first-order valence-corrected chi connectivity index (χ1v) is 6.48. The van der Waals surface area contributed by atoms with E-state index in [1.54, 1.807) is 6.07 Å². The number of nitrogens with one attached hydrogen (secondary N) is 2. The van der Waals surface area contributed by atoms with Gasteiger partial charge in [0, 0.05) is 19.2 Å². The highest BCUT2D eigenvalue weighted by atomic mass is 35.5. The number of anilines is 1. The second kappa shape index (κ2) is 5.38. The van der Waals surface area contributed by atoms with Gasteiger partial charge < -0.3 is 10.6 Å². The van der Waals surface area contributed by atoms with Gasteiger partial charge in [0.25, 0.3) is 0 Å². The monoisotopic (exact) mass is 274 g/mol. The Bertz CT molecular complexity index is 391. The third-order valence-corrected chi connectivity index (χ3v) is 3.57. The Kier molecular flexibility index (Phi) is 4.07. The molecule has 0 aliphatic carbocycles. The molecule has 17 heavy (non-hydrogen) atoms. The number of nitrogens with zero attached hydrogens (tertiary/aromatic N) is 2. The van der Waals surface area contributed by atoms with Gasteiger partial charge in [0.2, 0.25) is 0 Å². The van der Waals surface area contributed by atoms with Gasteiger partial charge in [0.15, 0.2) is 10.3 Å². The van der Waals surface area contributed by atoms with E-state index in [4.69, 9.17) is 23.2 Å². The zero-order valence-electron chi connectivity index (χ0n) is 9.76. The maximum atomic E-state index is 5.95. The molecule has 94 valence electrons. The topological polar surface area (TPSA) is 49.8 Å². The predicted octanol–water partition coefficient (Wildman–Crippen LogP) is 2.58. The number of piperidine rings is 1. The second-order valence-electron chi connectivity index (χ2n) is 4.82. The molecule has 0 radical (unpaired) electrons. The fourth-order valence-corrected chi connectivity index (χ4v) is 2.36. The molecular weight excluding hydrogens is 259 g/mol. The molecule has 0 saturated carbocycles. The van der Waals surface area contributed by atoms with Gasteiger partial charge in [-0.1, -0.05) is 30.1 Å². The SMILES string of the molecule is CC1(CNc2cc(Cl)nnc2Cl)CCCNC1. The van der Waals surface area contributed by atoms with Crippen molar-refractivity contribution in [3.05, 3.63) is 16.4 Å². The molecule has 0 spiro atoms. The first-order valence-electron chi connectivity index (χ1n) is 5.72. The summed E-state index contributed by atoms with van der Waals surface area (Å²) in [6.07, 6.45) is 2.41. The number of halogens is 2. The van der Waals surface area contributed by atoms with Crippen LogP contribution in [0.5, 0.6) is 0 Å². The molecule has 0 bridgehead atoms. The van der Waals surface area contributed by atoms with E-state index in [1.165, 1.54) is 12.8 Å². The molecule has 1 saturated heterocycles. The Morgan fingerprint density at radius 3 is 3.00 bits per heavy atom. The minimum atomic E-state index is 0.247. The molecule has 1 unspecified atom stereocenters. The number of rotatable bonds is 3. The minimum Gasteiger partial charge on any atom is -0.382 e. The van der Waals surface area contributed by atoms with Crippen molar-refractivity contribution in [2.24, 2.45) is 5.41 Å². The Balaban J connectivity index is 1.99. The third kappa shape index (κ3) is 3.44. The molecule has 2 heterocycles. The fraction of sp³-hybridized carbons (Fsp3) is 0.636. The van der Waals surface area contributed by atoms with Gasteiger partial charge in [-0.2, -0.15) is 0 Å². The molecular formula is C11H16Cl2N4. The van der Waals surface area contributed by atoms with Crippen LogP contribution in [-0.4, -0.2) is 29.8 Å². The molecule has 0 amide bonds. The first kappa shape index (κ1) is 12.9. The van der Waals surface area contributed by atoms with E-state index in [0.29, 0.717) is 10.3 Å². The summed E-state index contributed by atoms with van der Waals surface area (Å²) < 4.78 is 0. The highest BCUT2D eigenvalue weighted by Gasteiger charge is 2.26. The largest absolute Gasteiger partial charge is 0.382 e. The summed E-state index contributed by atoms with van der Waals surface area (Å²) in [5.74, 6) is 0. The molecule has 1 aliphatic heterocycles. The fourth-order valence-electron chi connectivity index (χ4n) is 2.06. The summed E-state index contributed by atoms with van der Waals surface area (Å²) in [7, 11) is 0. The van der Waals surface area contributed by atoms with Crippen LogP contribution in [-0.2, 0) is 0 Å². The molecule has 1 atom stereocenters. The Hall–Kier alpha value is -0.580. The normalized spacial score (nSPS) is 24.6. The summed E-state index contributed by atoms with van der Waals surface area (Å²) in [6, 6.07) is 1.70. The lowest BCUT2D eigenvalue weighted by Crippen LogP contribution is -2.42. The van der Waals surface area contributed by atoms with Crippen LogP contribution in [0, 0.1) is 5.41 Å². The molecule has 1 aliphatic rings. The lowest BCUT2D eigenvalue weighted by Gasteiger charge is -2.34. The van der Waals surface area contributed by atoms with Crippen LogP contribution in [0.15, 0.2) is 6.07 Å². The highest BCUT2D eigenvalue weighted by Crippen LogP contribution is 2.27. The minimum absolute atomic E-state index is 0.247. The van der Waals surface area contributed by atoms with Crippen LogP contribution in [0.1, 0.15) is 19.8 Å². The number of hydrogen-bond acceptors (Lipinski definition) is 4. The standard InChI is InChI=1S/C11H16Cl2N4/c1-11(3-2-4-14-6-11)7-15-8-5-9(12)16-17-10(8)13/h5,14H,2-4,6-7H2,1H3,(H,15,16). The van der Waals surface area contributed by atoms with Gasteiger partial charge >= 0.3 is 0 Å². The molecule has 1 aromatic rings. The van der Waals surface area contributed by atoms with Gasteiger partial charge in [-0.05, 0) is 24.8 Å². The summed E-state index contributed by atoms with van der Waals surface area (Å²) in [5, 5.41) is 14.9. The van der Waals surface area contributed by atoms with Crippen LogP contribution in [0.25, 0.3) is 0 Å². The molecule has 4 nitrogen and oxygen atoms in total. The quantitative estimate of drug-likeness (QED) is 0.890. The van der Waals surface area contributed by atoms with E-state index in [2.05, 4.69) is 27.8 Å². The van der Waals surface area contributed by atoms with E-state index in [0.717, 1.165) is 25.3 Å². The van der Waals surface area contributed by atoms with Gasteiger partial charge in [-0.25, -0.2) is 0 Å². The van der Waals surface area contributed by atoms with Crippen molar-refractivity contribution < 1.29 is 0 Å². The predicted molar refractivity (Wildman–Crippen MR) is 70.8 cm³/mol. The van der Waals surface area contributed by atoms with Crippen LogP contribution < -0.4 is 10.6 Å². The van der Waals surface area contributed by atoms with Crippen molar-refractivity contribution in [1.29, 1.82) is 0 Å². The lowest BCUT2D eigenvalue weighted by atomic mass is 9.83. The van der Waals surface area contributed by atoms with E-state index in [9.17, 15) is 0 Å². The van der Waals surface area contributed by atoms with Crippen LogP contribution >= 0.6 is 23.2 Å². The van der Waals surface area contributed by atoms with E-state index < -0.39 is 0 Å². The summed E-state index contributed by atoms with van der Waals surface area (Å²) >= 11 is 11.7. The number of hydrogen-bond donors (Lipinski definition) is 2. The zero-order chi connectivity index (χ0) is 12.3. The van der Waals surface area contributed by atoms with Crippen LogP contribution in [0.4, 0.5) is 5.69 Å². The molecule has 1 aromatic heterocycles. The lowest BCUT2D eigenvalue weighted by molar-refractivity contribution is 0.253.